The lowest BCUT2D eigenvalue weighted by molar-refractivity contribution is 0.338. The molecule has 0 spiro atoms. The van der Waals surface area contributed by atoms with Crippen LogP contribution in [0.2, 0.25) is 0 Å². The first-order valence-corrected chi connectivity index (χ1v) is 5.74. The molecule has 2 rings (SSSR count). The van der Waals surface area contributed by atoms with Crippen molar-refractivity contribution in [1.29, 1.82) is 0 Å². The molecule has 0 saturated heterocycles. The maximum absolute atomic E-state index is 8.08. The number of allylic oxidation sites excluding steroid dienone is 2. The molecule has 1 aliphatic rings. The van der Waals surface area contributed by atoms with E-state index < -0.39 is 0 Å². The zero-order valence-corrected chi connectivity index (χ0v) is 9.93. The van der Waals surface area contributed by atoms with Gasteiger partial charge in [0.2, 0.25) is 0 Å². The smallest absolute Gasteiger partial charge is 0.0579 e. The van der Waals surface area contributed by atoms with Crippen molar-refractivity contribution in [2.24, 2.45) is 5.41 Å². The highest BCUT2D eigenvalue weighted by atomic mass is 14.3. The molecule has 80 valence electrons. The van der Waals surface area contributed by atoms with Crippen molar-refractivity contribution < 1.29 is 1.37 Å². The summed E-state index contributed by atoms with van der Waals surface area (Å²) in [5.74, 6) is 0. The summed E-state index contributed by atoms with van der Waals surface area (Å²) in [6.07, 6.45) is 3.10. The topological polar surface area (TPSA) is 0 Å². The van der Waals surface area contributed by atoms with Gasteiger partial charge in [-0.2, -0.15) is 0 Å². The number of benzene rings is 1. The fraction of sp³-hybridized carbons (Fsp3) is 0.467. The SMILES string of the molecule is [2H]C1=C(c2ccc(C)cc2)CC(C)(C)CC1. The molecule has 0 heteroatoms. The molecule has 0 heterocycles. The fourth-order valence-electron chi connectivity index (χ4n) is 2.14. The zero-order valence-electron chi connectivity index (χ0n) is 10.9. The van der Waals surface area contributed by atoms with Crippen LogP contribution in [0.3, 0.4) is 0 Å². The Morgan fingerprint density at radius 2 is 1.87 bits per heavy atom. The molecule has 0 nitrogen and oxygen atoms in total. The molecule has 1 aliphatic carbocycles. The first kappa shape index (κ1) is 9.21. The van der Waals surface area contributed by atoms with E-state index in [0.717, 1.165) is 25.3 Å². The van der Waals surface area contributed by atoms with Crippen molar-refractivity contribution in [2.45, 2.75) is 40.0 Å². The van der Waals surface area contributed by atoms with E-state index in [0.29, 0.717) is 5.41 Å². The van der Waals surface area contributed by atoms with E-state index in [2.05, 4.69) is 45.0 Å². The van der Waals surface area contributed by atoms with Crippen LogP contribution in [0.5, 0.6) is 0 Å². The summed E-state index contributed by atoms with van der Waals surface area (Å²) in [6, 6.07) is 9.42. The predicted molar refractivity (Wildman–Crippen MR) is 66.8 cm³/mol. The standard InChI is InChI=1S/C15H20/c1-12-6-8-13(9-7-12)14-5-4-10-15(2,3)11-14/h5-9H,4,10-11H2,1-3H3/i5D. The second-order valence-corrected chi connectivity index (χ2v) is 5.36. The molecule has 0 saturated carbocycles. The molecule has 0 N–H and O–H groups in total. The summed E-state index contributed by atoms with van der Waals surface area (Å²) in [5, 5.41) is 0. The summed E-state index contributed by atoms with van der Waals surface area (Å²) in [4.78, 5) is 0. The first-order chi connectivity index (χ1) is 7.48. The molecule has 0 fully saturated rings. The normalized spacial score (nSPS) is 21.4. The average molecular weight is 201 g/mol. The van der Waals surface area contributed by atoms with E-state index in [-0.39, 0.29) is 0 Å². The minimum atomic E-state index is 0.352. The Kier molecular flexibility index (Phi) is 2.36. The van der Waals surface area contributed by atoms with Gasteiger partial charge < -0.3 is 0 Å². The van der Waals surface area contributed by atoms with Crippen molar-refractivity contribution in [3.05, 3.63) is 41.4 Å². The van der Waals surface area contributed by atoms with Crippen molar-refractivity contribution in [3.63, 3.8) is 0 Å². The van der Waals surface area contributed by atoms with Crippen molar-refractivity contribution >= 4 is 5.57 Å². The van der Waals surface area contributed by atoms with Gasteiger partial charge in [0.25, 0.3) is 0 Å². The van der Waals surface area contributed by atoms with Crippen LogP contribution in [0.4, 0.5) is 0 Å². The monoisotopic (exact) mass is 201 g/mol. The minimum absolute atomic E-state index is 0.352. The summed E-state index contributed by atoms with van der Waals surface area (Å²) >= 11 is 0. The third-order valence-electron chi connectivity index (χ3n) is 3.20. The highest BCUT2D eigenvalue weighted by molar-refractivity contribution is 5.67. The van der Waals surface area contributed by atoms with Gasteiger partial charge in [-0.1, -0.05) is 49.7 Å². The summed E-state index contributed by atoms with van der Waals surface area (Å²) in [7, 11) is 0. The molecule has 0 aliphatic heterocycles. The second kappa shape index (κ2) is 3.84. The largest absolute Gasteiger partial charge is 0.0807 e. The lowest BCUT2D eigenvalue weighted by Gasteiger charge is -2.30. The third-order valence-corrected chi connectivity index (χ3v) is 3.20. The van der Waals surface area contributed by atoms with Crippen LogP contribution in [-0.4, -0.2) is 0 Å². The van der Waals surface area contributed by atoms with Crippen molar-refractivity contribution in [2.75, 3.05) is 0 Å². The highest BCUT2D eigenvalue weighted by Crippen LogP contribution is 2.39. The maximum Gasteiger partial charge on any atom is 0.0579 e. The molecule has 0 aromatic heterocycles. The summed E-state index contributed by atoms with van der Waals surface area (Å²) in [6.45, 7) is 6.70. The van der Waals surface area contributed by atoms with Crippen LogP contribution in [0.25, 0.3) is 5.57 Å². The molecule has 1 aromatic rings. The Hall–Kier alpha value is -1.04. The van der Waals surface area contributed by atoms with Gasteiger partial charge in [-0.3, -0.25) is 0 Å². The zero-order chi connectivity index (χ0) is 11.8. The molecule has 15 heavy (non-hydrogen) atoms. The van der Waals surface area contributed by atoms with E-state index >= 15 is 0 Å². The Balaban J connectivity index is 2.35. The van der Waals surface area contributed by atoms with Gasteiger partial charge in [-0.15, -0.1) is 0 Å². The van der Waals surface area contributed by atoms with E-state index in [1.54, 1.807) is 0 Å². The van der Waals surface area contributed by atoms with Crippen LogP contribution in [0.15, 0.2) is 30.3 Å². The molecule has 0 unspecified atom stereocenters. The minimum Gasteiger partial charge on any atom is -0.0807 e. The van der Waals surface area contributed by atoms with Gasteiger partial charge in [0, 0.05) is 0 Å². The van der Waals surface area contributed by atoms with Crippen LogP contribution < -0.4 is 0 Å². The van der Waals surface area contributed by atoms with E-state index in [9.17, 15) is 0 Å². The Morgan fingerprint density at radius 1 is 1.20 bits per heavy atom. The molecule has 0 bridgehead atoms. The van der Waals surface area contributed by atoms with Crippen molar-refractivity contribution in [3.8, 4) is 0 Å². The molecular formula is C15H20. The Labute approximate surface area is 94.4 Å². The van der Waals surface area contributed by atoms with Crippen LogP contribution in [0.1, 0.15) is 45.6 Å². The molecule has 0 radical (unpaired) electrons. The number of aryl methyl sites for hydroxylation is 1. The van der Waals surface area contributed by atoms with Crippen LogP contribution >= 0.6 is 0 Å². The Bertz CT molecular complexity index is 410. The van der Waals surface area contributed by atoms with Crippen LogP contribution in [-0.2, 0) is 0 Å². The van der Waals surface area contributed by atoms with Crippen LogP contribution in [0, 0.1) is 12.3 Å². The quantitative estimate of drug-likeness (QED) is 0.623. The van der Waals surface area contributed by atoms with E-state index in [1.807, 2.05) is 0 Å². The molecule has 0 amide bonds. The van der Waals surface area contributed by atoms with Gasteiger partial charge in [-0.05, 0) is 42.7 Å². The summed E-state index contributed by atoms with van der Waals surface area (Å²) < 4.78 is 8.08. The molecule has 1 aromatic carbocycles. The van der Waals surface area contributed by atoms with Gasteiger partial charge in [0.15, 0.2) is 0 Å². The third kappa shape index (κ3) is 2.50. The first-order valence-electron chi connectivity index (χ1n) is 6.24. The number of hydrogen-bond acceptors (Lipinski definition) is 0. The maximum atomic E-state index is 8.08. The second-order valence-electron chi connectivity index (χ2n) is 5.36. The van der Waals surface area contributed by atoms with E-state index in [1.165, 1.54) is 16.7 Å². The fourth-order valence-corrected chi connectivity index (χ4v) is 2.14. The summed E-state index contributed by atoms with van der Waals surface area (Å²) in [5.41, 5.74) is 4.12. The lowest BCUT2D eigenvalue weighted by atomic mass is 9.76. The van der Waals surface area contributed by atoms with Crippen molar-refractivity contribution in [1.82, 2.24) is 0 Å². The van der Waals surface area contributed by atoms with Gasteiger partial charge in [0.1, 0.15) is 0 Å². The molecular weight excluding hydrogens is 180 g/mol. The van der Waals surface area contributed by atoms with Gasteiger partial charge in [-0.25, -0.2) is 0 Å². The van der Waals surface area contributed by atoms with E-state index in [4.69, 9.17) is 1.37 Å². The lowest BCUT2D eigenvalue weighted by Crippen LogP contribution is -2.15. The van der Waals surface area contributed by atoms with Gasteiger partial charge in [0.05, 0.1) is 1.37 Å². The average Bonchev–Trinajstić information content (AvgIpc) is 2.23. The number of hydrogen-bond donors (Lipinski definition) is 0. The number of rotatable bonds is 1. The molecule has 0 atom stereocenters. The van der Waals surface area contributed by atoms with Gasteiger partial charge >= 0.3 is 0 Å². The predicted octanol–water partition coefficient (Wildman–Crippen LogP) is 4.59. The Morgan fingerprint density at radius 3 is 2.53 bits per heavy atom. The highest BCUT2D eigenvalue weighted by Gasteiger charge is 2.23.